The second-order valence-corrected chi connectivity index (χ2v) is 4.55. The Morgan fingerprint density at radius 3 is 2.65 bits per heavy atom. The van der Waals surface area contributed by atoms with Crippen molar-refractivity contribution in [3.8, 4) is 0 Å². The van der Waals surface area contributed by atoms with Gasteiger partial charge >= 0.3 is 0 Å². The molecule has 0 atom stereocenters. The van der Waals surface area contributed by atoms with Crippen LogP contribution < -0.4 is 16.2 Å². The van der Waals surface area contributed by atoms with E-state index < -0.39 is 0 Å². The Hall–Kier alpha value is -1.52. The molecule has 1 aliphatic rings. The zero-order valence-electron chi connectivity index (χ0n) is 10.3. The molecular formula is C12H20N4O. The van der Waals surface area contributed by atoms with Crippen LogP contribution in [0, 0.1) is 0 Å². The second kappa shape index (κ2) is 5.21. The van der Waals surface area contributed by atoms with Gasteiger partial charge in [-0.25, -0.2) is 0 Å². The molecule has 0 radical (unpaired) electrons. The lowest BCUT2D eigenvalue weighted by molar-refractivity contribution is 0.567. The van der Waals surface area contributed by atoms with E-state index in [9.17, 15) is 4.79 Å². The van der Waals surface area contributed by atoms with E-state index >= 15 is 0 Å². The van der Waals surface area contributed by atoms with Crippen LogP contribution in [0.2, 0.25) is 0 Å². The van der Waals surface area contributed by atoms with Crippen molar-refractivity contribution in [2.45, 2.75) is 39.0 Å². The molecule has 1 aromatic heterocycles. The van der Waals surface area contributed by atoms with Gasteiger partial charge in [-0.05, 0) is 25.7 Å². The first kappa shape index (κ1) is 12.0. The fourth-order valence-corrected chi connectivity index (χ4v) is 2.25. The molecule has 0 spiro atoms. The highest BCUT2D eigenvalue weighted by Gasteiger charge is 2.15. The summed E-state index contributed by atoms with van der Waals surface area (Å²) < 4.78 is 0. The fourth-order valence-electron chi connectivity index (χ4n) is 2.25. The SMILES string of the molecule is CCCc1c(N)nc(N2CCCCC2)[nH]c1=O. The molecule has 5 heteroatoms. The number of nitrogen functional groups attached to an aromatic ring is 1. The molecule has 1 aliphatic heterocycles. The first-order valence-electron chi connectivity index (χ1n) is 6.36. The normalized spacial score (nSPS) is 16.2. The lowest BCUT2D eigenvalue weighted by Gasteiger charge is -2.27. The van der Waals surface area contributed by atoms with Gasteiger partial charge in [-0.15, -0.1) is 0 Å². The maximum absolute atomic E-state index is 11.9. The van der Waals surface area contributed by atoms with Crippen LogP contribution in [0.5, 0.6) is 0 Å². The lowest BCUT2D eigenvalue weighted by Crippen LogP contribution is -2.33. The number of anilines is 2. The predicted molar refractivity (Wildman–Crippen MR) is 69.3 cm³/mol. The number of hydrogen-bond donors (Lipinski definition) is 2. The van der Waals surface area contributed by atoms with Crippen molar-refractivity contribution in [2.24, 2.45) is 0 Å². The lowest BCUT2D eigenvalue weighted by atomic mass is 10.1. The van der Waals surface area contributed by atoms with Gasteiger partial charge in [0.2, 0.25) is 5.95 Å². The number of nitrogens with two attached hydrogens (primary N) is 1. The van der Waals surface area contributed by atoms with Crippen molar-refractivity contribution in [1.82, 2.24) is 9.97 Å². The van der Waals surface area contributed by atoms with Gasteiger partial charge in [-0.3, -0.25) is 9.78 Å². The number of hydrogen-bond acceptors (Lipinski definition) is 4. The van der Waals surface area contributed by atoms with Crippen LogP contribution in [0.3, 0.4) is 0 Å². The van der Waals surface area contributed by atoms with Crippen LogP contribution in [-0.4, -0.2) is 23.1 Å². The topological polar surface area (TPSA) is 75.0 Å². The highest BCUT2D eigenvalue weighted by Crippen LogP contribution is 2.16. The zero-order valence-corrected chi connectivity index (χ0v) is 10.3. The summed E-state index contributed by atoms with van der Waals surface area (Å²) >= 11 is 0. The van der Waals surface area contributed by atoms with Gasteiger partial charge in [-0.2, -0.15) is 4.98 Å². The van der Waals surface area contributed by atoms with Crippen molar-refractivity contribution in [3.63, 3.8) is 0 Å². The van der Waals surface area contributed by atoms with E-state index in [4.69, 9.17) is 5.73 Å². The Labute approximate surface area is 101 Å². The number of aromatic amines is 1. The second-order valence-electron chi connectivity index (χ2n) is 4.55. The van der Waals surface area contributed by atoms with Crippen molar-refractivity contribution in [1.29, 1.82) is 0 Å². The number of nitrogens with zero attached hydrogens (tertiary/aromatic N) is 2. The number of H-pyrrole nitrogens is 1. The minimum atomic E-state index is -0.0834. The third-order valence-corrected chi connectivity index (χ3v) is 3.19. The van der Waals surface area contributed by atoms with E-state index in [1.54, 1.807) is 0 Å². The van der Waals surface area contributed by atoms with Gasteiger partial charge in [0.15, 0.2) is 0 Å². The standard InChI is InChI=1S/C12H20N4O/c1-2-6-9-10(13)14-12(15-11(9)17)16-7-4-3-5-8-16/h2-8H2,1H3,(H3,13,14,15,17). The first-order chi connectivity index (χ1) is 8.22. The predicted octanol–water partition coefficient (Wildman–Crippen LogP) is 1.29. The maximum Gasteiger partial charge on any atom is 0.257 e. The van der Waals surface area contributed by atoms with E-state index in [0.717, 1.165) is 32.4 Å². The molecule has 17 heavy (non-hydrogen) atoms. The number of aromatic nitrogens is 2. The number of piperidine rings is 1. The third kappa shape index (κ3) is 2.60. The van der Waals surface area contributed by atoms with E-state index in [0.29, 0.717) is 23.8 Å². The largest absolute Gasteiger partial charge is 0.383 e. The van der Waals surface area contributed by atoms with Crippen LogP contribution >= 0.6 is 0 Å². The van der Waals surface area contributed by atoms with Gasteiger partial charge in [0.1, 0.15) is 5.82 Å². The molecule has 0 aromatic carbocycles. The molecule has 0 bridgehead atoms. The Balaban J connectivity index is 2.27. The van der Waals surface area contributed by atoms with Gasteiger partial charge < -0.3 is 10.6 Å². The van der Waals surface area contributed by atoms with E-state index in [1.807, 2.05) is 6.92 Å². The zero-order chi connectivity index (χ0) is 12.3. The molecule has 1 fully saturated rings. The number of nitrogens with one attached hydrogen (secondary N) is 1. The summed E-state index contributed by atoms with van der Waals surface area (Å²) in [4.78, 5) is 21.2. The monoisotopic (exact) mass is 236 g/mol. The molecule has 0 saturated carbocycles. The number of rotatable bonds is 3. The molecule has 1 aromatic rings. The summed E-state index contributed by atoms with van der Waals surface area (Å²) in [6.07, 6.45) is 5.15. The summed E-state index contributed by atoms with van der Waals surface area (Å²) in [6.45, 7) is 3.93. The fraction of sp³-hybridized carbons (Fsp3) is 0.667. The average molecular weight is 236 g/mol. The molecule has 0 amide bonds. The summed E-state index contributed by atoms with van der Waals surface area (Å²) in [5, 5.41) is 0. The van der Waals surface area contributed by atoms with E-state index in [1.165, 1.54) is 6.42 Å². The molecule has 0 unspecified atom stereocenters. The highest BCUT2D eigenvalue weighted by atomic mass is 16.1. The van der Waals surface area contributed by atoms with E-state index in [-0.39, 0.29) is 5.56 Å². The van der Waals surface area contributed by atoms with Crippen molar-refractivity contribution >= 4 is 11.8 Å². The Morgan fingerprint density at radius 1 is 1.35 bits per heavy atom. The van der Waals surface area contributed by atoms with Crippen LogP contribution in [0.4, 0.5) is 11.8 Å². The molecule has 0 aliphatic carbocycles. The summed E-state index contributed by atoms with van der Waals surface area (Å²) in [6, 6.07) is 0. The minimum Gasteiger partial charge on any atom is -0.383 e. The Bertz CT molecular complexity index is 435. The molecule has 2 rings (SSSR count). The molecule has 5 nitrogen and oxygen atoms in total. The first-order valence-corrected chi connectivity index (χ1v) is 6.36. The van der Waals surface area contributed by atoms with Gasteiger partial charge in [-0.1, -0.05) is 13.3 Å². The molecular weight excluding hydrogens is 216 g/mol. The molecule has 94 valence electrons. The summed E-state index contributed by atoms with van der Waals surface area (Å²) in [7, 11) is 0. The maximum atomic E-state index is 11.9. The third-order valence-electron chi connectivity index (χ3n) is 3.19. The summed E-state index contributed by atoms with van der Waals surface area (Å²) in [5.41, 5.74) is 6.39. The highest BCUT2D eigenvalue weighted by molar-refractivity contribution is 5.44. The van der Waals surface area contributed by atoms with Crippen molar-refractivity contribution in [2.75, 3.05) is 23.7 Å². The Kier molecular flexibility index (Phi) is 3.66. The molecule has 1 saturated heterocycles. The van der Waals surface area contributed by atoms with Crippen molar-refractivity contribution in [3.05, 3.63) is 15.9 Å². The van der Waals surface area contributed by atoms with Crippen LogP contribution in [0.15, 0.2) is 4.79 Å². The van der Waals surface area contributed by atoms with Gasteiger partial charge in [0, 0.05) is 13.1 Å². The molecule has 3 N–H and O–H groups in total. The van der Waals surface area contributed by atoms with Gasteiger partial charge in [0.25, 0.3) is 5.56 Å². The smallest absolute Gasteiger partial charge is 0.257 e. The van der Waals surface area contributed by atoms with Crippen molar-refractivity contribution < 1.29 is 0 Å². The molecule has 2 heterocycles. The van der Waals surface area contributed by atoms with Crippen LogP contribution in [-0.2, 0) is 6.42 Å². The van der Waals surface area contributed by atoms with Crippen LogP contribution in [0.25, 0.3) is 0 Å². The minimum absolute atomic E-state index is 0.0834. The average Bonchev–Trinajstić information content (AvgIpc) is 2.35. The summed E-state index contributed by atoms with van der Waals surface area (Å²) in [5.74, 6) is 1.02. The quantitative estimate of drug-likeness (QED) is 0.829. The van der Waals surface area contributed by atoms with Crippen LogP contribution in [0.1, 0.15) is 38.2 Å². The van der Waals surface area contributed by atoms with E-state index in [2.05, 4.69) is 14.9 Å². The van der Waals surface area contributed by atoms with Gasteiger partial charge in [0.05, 0.1) is 5.56 Å². The Morgan fingerprint density at radius 2 is 2.06 bits per heavy atom.